The van der Waals surface area contributed by atoms with Crippen molar-refractivity contribution in [2.45, 2.75) is 5.41 Å². The average molecular weight is 718 g/mol. The molecule has 4 aromatic rings. The Labute approximate surface area is 240 Å². The van der Waals surface area contributed by atoms with Gasteiger partial charge >= 0.3 is 11.9 Å². The summed E-state index contributed by atoms with van der Waals surface area (Å²) >= 11 is 4.16. The van der Waals surface area contributed by atoms with Gasteiger partial charge in [-0.3, -0.25) is 0 Å². The molecule has 2 N–H and O–H groups in total. The fourth-order valence-corrected chi connectivity index (χ4v) is 6.11. The van der Waals surface area contributed by atoms with Crippen LogP contribution in [-0.4, -0.2) is 36.4 Å². The van der Waals surface area contributed by atoms with Gasteiger partial charge in [-0.15, -0.1) is 0 Å². The SMILES string of the molecule is COC(=O)c1ccc2c(c1)C(c1ccc(O)c(I)c1)(c1ccc(O)c(I)c1)c1cc(C(=O)OC)ccc1-2. The molecule has 186 valence electrons. The van der Waals surface area contributed by atoms with E-state index in [1.165, 1.54) is 14.2 Å². The zero-order valence-electron chi connectivity index (χ0n) is 19.7. The van der Waals surface area contributed by atoms with Crippen LogP contribution in [0.15, 0.2) is 72.8 Å². The molecule has 4 aromatic carbocycles. The molecule has 0 saturated carbocycles. The smallest absolute Gasteiger partial charge is 0.337 e. The van der Waals surface area contributed by atoms with E-state index in [0.717, 1.165) is 33.4 Å². The molecule has 0 bridgehead atoms. The van der Waals surface area contributed by atoms with Gasteiger partial charge in [0.15, 0.2) is 0 Å². The number of hydrogen-bond acceptors (Lipinski definition) is 6. The monoisotopic (exact) mass is 718 g/mol. The number of phenols is 2. The third kappa shape index (κ3) is 3.97. The molecule has 5 rings (SSSR count). The summed E-state index contributed by atoms with van der Waals surface area (Å²) in [6.45, 7) is 0. The second-order valence-corrected chi connectivity index (χ2v) is 10.9. The number of carbonyl (C=O) groups is 2. The van der Waals surface area contributed by atoms with Crippen molar-refractivity contribution in [2.75, 3.05) is 14.2 Å². The lowest BCUT2D eigenvalue weighted by molar-refractivity contribution is 0.0592. The third-order valence-corrected chi connectivity index (χ3v) is 8.47. The van der Waals surface area contributed by atoms with Crippen molar-refractivity contribution in [2.24, 2.45) is 0 Å². The molecule has 0 heterocycles. The van der Waals surface area contributed by atoms with E-state index in [9.17, 15) is 19.8 Å². The number of carbonyl (C=O) groups excluding carboxylic acids is 2. The Morgan fingerprint density at radius 1 is 0.649 bits per heavy atom. The molecule has 0 unspecified atom stereocenters. The largest absolute Gasteiger partial charge is 0.507 e. The lowest BCUT2D eigenvalue weighted by Gasteiger charge is -2.34. The Balaban J connectivity index is 1.98. The van der Waals surface area contributed by atoms with Crippen molar-refractivity contribution in [3.8, 4) is 22.6 Å². The number of hydrogen-bond donors (Lipinski definition) is 2. The molecular formula is C29H20I2O6. The topological polar surface area (TPSA) is 93.1 Å². The molecule has 37 heavy (non-hydrogen) atoms. The van der Waals surface area contributed by atoms with Crippen LogP contribution in [0, 0.1) is 7.14 Å². The quantitative estimate of drug-likeness (QED) is 0.169. The second-order valence-electron chi connectivity index (χ2n) is 8.59. The van der Waals surface area contributed by atoms with Crippen LogP contribution < -0.4 is 0 Å². The molecule has 6 nitrogen and oxygen atoms in total. The predicted molar refractivity (Wildman–Crippen MR) is 155 cm³/mol. The minimum atomic E-state index is -0.986. The zero-order chi connectivity index (χ0) is 26.5. The molecule has 0 aromatic heterocycles. The van der Waals surface area contributed by atoms with Crippen LogP contribution in [0.25, 0.3) is 11.1 Å². The van der Waals surface area contributed by atoms with Gasteiger partial charge in [-0.1, -0.05) is 24.3 Å². The number of halogens is 2. The number of ether oxygens (including phenoxy) is 2. The highest BCUT2D eigenvalue weighted by molar-refractivity contribution is 14.1. The summed E-state index contributed by atoms with van der Waals surface area (Å²) in [5.41, 5.74) is 4.84. The molecule has 1 aliphatic carbocycles. The molecule has 0 radical (unpaired) electrons. The van der Waals surface area contributed by atoms with Crippen molar-refractivity contribution in [1.29, 1.82) is 0 Å². The highest BCUT2D eigenvalue weighted by atomic mass is 127. The Morgan fingerprint density at radius 3 is 1.41 bits per heavy atom. The summed E-state index contributed by atoms with van der Waals surface area (Å²) in [5, 5.41) is 20.7. The van der Waals surface area contributed by atoms with Crippen LogP contribution in [-0.2, 0) is 14.9 Å². The van der Waals surface area contributed by atoms with E-state index < -0.39 is 17.4 Å². The average Bonchev–Trinajstić information content (AvgIpc) is 3.20. The summed E-state index contributed by atoms with van der Waals surface area (Å²) in [5.74, 6) is -0.651. The fourth-order valence-electron chi connectivity index (χ4n) is 5.08. The van der Waals surface area contributed by atoms with Crippen LogP contribution in [0.5, 0.6) is 11.5 Å². The minimum absolute atomic E-state index is 0.143. The highest BCUT2D eigenvalue weighted by Crippen LogP contribution is 2.57. The van der Waals surface area contributed by atoms with E-state index in [0.29, 0.717) is 18.3 Å². The molecule has 8 heteroatoms. The number of benzene rings is 4. The number of esters is 2. The van der Waals surface area contributed by atoms with E-state index in [1.54, 1.807) is 24.3 Å². The van der Waals surface area contributed by atoms with Gasteiger partial charge in [-0.2, -0.15) is 0 Å². The van der Waals surface area contributed by atoms with Crippen molar-refractivity contribution in [3.05, 3.63) is 113 Å². The Kier molecular flexibility index (Phi) is 6.65. The second kappa shape index (κ2) is 9.64. The zero-order valence-corrected chi connectivity index (χ0v) is 24.0. The predicted octanol–water partition coefficient (Wildman–Crippen LogP) is 6.24. The van der Waals surface area contributed by atoms with Crippen LogP contribution in [0.3, 0.4) is 0 Å². The molecule has 1 aliphatic rings. The minimum Gasteiger partial charge on any atom is -0.507 e. The molecule has 0 atom stereocenters. The number of methoxy groups -OCH3 is 2. The maximum Gasteiger partial charge on any atom is 0.337 e. The summed E-state index contributed by atoms with van der Waals surface area (Å²) in [7, 11) is 2.68. The normalized spacial score (nSPS) is 13.0. The Bertz CT molecular complexity index is 1470. The first-order chi connectivity index (χ1) is 17.7. The first-order valence-corrected chi connectivity index (χ1v) is 13.3. The van der Waals surface area contributed by atoms with E-state index in [-0.39, 0.29) is 11.5 Å². The van der Waals surface area contributed by atoms with E-state index in [4.69, 9.17) is 9.47 Å². The van der Waals surface area contributed by atoms with Gasteiger partial charge in [0.2, 0.25) is 0 Å². The van der Waals surface area contributed by atoms with Crippen LogP contribution >= 0.6 is 45.2 Å². The van der Waals surface area contributed by atoms with Crippen molar-refractivity contribution in [1.82, 2.24) is 0 Å². The fraction of sp³-hybridized carbons (Fsp3) is 0.103. The summed E-state index contributed by atoms with van der Waals surface area (Å²) in [4.78, 5) is 25.2. The molecule has 0 fully saturated rings. The molecule has 0 saturated heterocycles. The first-order valence-electron chi connectivity index (χ1n) is 11.2. The number of aromatic hydroxyl groups is 2. The van der Waals surface area contributed by atoms with Crippen molar-refractivity contribution < 1.29 is 29.3 Å². The van der Waals surface area contributed by atoms with Crippen molar-refractivity contribution in [3.63, 3.8) is 0 Å². The number of fused-ring (bicyclic) bond motifs is 3. The van der Waals surface area contributed by atoms with E-state index >= 15 is 0 Å². The molecule has 0 aliphatic heterocycles. The summed E-state index contributed by atoms with van der Waals surface area (Å²) in [6.07, 6.45) is 0. The van der Waals surface area contributed by atoms with Crippen LogP contribution in [0.1, 0.15) is 43.0 Å². The molecule has 0 spiro atoms. The lowest BCUT2D eigenvalue weighted by atomic mass is 9.67. The van der Waals surface area contributed by atoms with Gasteiger partial charge in [0.05, 0.1) is 37.9 Å². The maximum absolute atomic E-state index is 12.6. The van der Waals surface area contributed by atoms with Gasteiger partial charge in [-0.05, 0) is 127 Å². The molecular weight excluding hydrogens is 698 g/mol. The summed E-state index contributed by atoms with van der Waals surface area (Å²) in [6, 6.07) is 21.6. The van der Waals surface area contributed by atoms with E-state index in [2.05, 4.69) is 45.2 Å². The Morgan fingerprint density at radius 2 is 1.05 bits per heavy atom. The van der Waals surface area contributed by atoms with Crippen LogP contribution in [0.4, 0.5) is 0 Å². The number of phenolic OH excluding ortho intramolecular Hbond substituents is 2. The van der Waals surface area contributed by atoms with Crippen LogP contribution in [0.2, 0.25) is 0 Å². The molecule has 0 amide bonds. The van der Waals surface area contributed by atoms with Gasteiger partial charge in [-0.25, -0.2) is 9.59 Å². The van der Waals surface area contributed by atoms with E-state index in [1.807, 2.05) is 48.5 Å². The third-order valence-electron chi connectivity index (χ3n) is 6.74. The maximum atomic E-state index is 12.6. The number of rotatable bonds is 4. The van der Waals surface area contributed by atoms with Gasteiger partial charge in [0, 0.05) is 0 Å². The van der Waals surface area contributed by atoms with Gasteiger partial charge in [0.1, 0.15) is 11.5 Å². The highest BCUT2D eigenvalue weighted by Gasteiger charge is 2.47. The van der Waals surface area contributed by atoms with Gasteiger partial charge in [0.25, 0.3) is 0 Å². The lowest BCUT2D eigenvalue weighted by Crippen LogP contribution is -2.29. The first kappa shape index (κ1) is 25.5. The van der Waals surface area contributed by atoms with Crippen molar-refractivity contribution >= 4 is 57.1 Å². The van der Waals surface area contributed by atoms with Gasteiger partial charge < -0.3 is 19.7 Å². The standard InChI is InChI=1S/C29H20I2O6/c1-36-27(34)15-3-7-19-20-8-4-16(28(35)37-2)12-22(20)29(21(19)11-15,17-5-9-25(32)23(30)13-17)18-6-10-26(33)24(31)14-18/h3-14,32-33H,1-2H3. The summed E-state index contributed by atoms with van der Waals surface area (Å²) < 4.78 is 11.3. The Hall–Kier alpha value is -3.12.